The number of benzene rings is 4. The van der Waals surface area contributed by atoms with Gasteiger partial charge in [0.05, 0.1) is 64.3 Å². The molecule has 0 saturated carbocycles. The fraction of sp³-hybridized carbons (Fsp3) is 0.515. The minimum absolute atomic E-state index is 0.0212. The van der Waals surface area contributed by atoms with Crippen molar-refractivity contribution in [2.24, 2.45) is 0 Å². The summed E-state index contributed by atoms with van der Waals surface area (Å²) in [6.07, 6.45) is 5.11. The monoisotopic (exact) mass is 1210 g/mol. The fourth-order valence-corrected chi connectivity index (χ4v) is 10.5. The number of carbonyl (C=O) groups excluding carboxylic acids is 8. The largest absolute Gasteiger partial charge is 0.493 e. The summed E-state index contributed by atoms with van der Waals surface area (Å²) in [7, 11) is 4.76. The summed E-state index contributed by atoms with van der Waals surface area (Å²) in [6, 6.07) is 20.3. The number of nitrogens with one attached hydrogen (secondary N) is 2. The zero-order valence-corrected chi connectivity index (χ0v) is 51.6. The second kappa shape index (κ2) is 35.2. The van der Waals surface area contributed by atoms with E-state index in [2.05, 4.69) is 49.6 Å². The Bertz CT molecular complexity index is 3000. The van der Waals surface area contributed by atoms with Crippen LogP contribution in [0.2, 0.25) is 0 Å². The van der Waals surface area contributed by atoms with E-state index in [4.69, 9.17) is 42.6 Å². The Hall–Kier alpha value is -7.72. The number of fused-ring (bicyclic) bond motifs is 1. The van der Waals surface area contributed by atoms with Crippen molar-refractivity contribution in [2.75, 3.05) is 93.9 Å². The van der Waals surface area contributed by atoms with Crippen LogP contribution in [-0.2, 0) is 58.9 Å². The van der Waals surface area contributed by atoms with Gasteiger partial charge in [-0.25, -0.2) is 4.79 Å². The first-order chi connectivity index (χ1) is 42.0. The quantitative estimate of drug-likeness (QED) is 0.0262. The number of ether oxygens (including phenoxy) is 9. The van der Waals surface area contributed by atoms with E-state index in [9.17, 15) is 38.4 Å². The summed E-state index contributed by atoms with van der Waals surface area (Å²) < 4.78 is 50.0. The van der Waals surface area contributed by atoms with Gasteiger partial charge in [0.25, 0.3) is 17.7 Å². The standard InChI is InChI=1S/C45H62N2O9.C21H24N2O8/c1-8-22-53-24-25-54-23-20-46-42(48)30-55-37-14-12-13-35(28-37)40(19-18-34-17-16-31(3)32(4)26-34)56-45(50)39-15-10-11-21-47(39)44(49)38(9-2)36-27-33(5)43(52-7)41(29-36)51-6;1-29-10-11-30-9-3-4-13(24)12-31-16-6-2-5-14-18(16)21(28)23(20(14)27)15-7-8-17(25)22-19(15)26/h12-14,16-17,26-29,38-40H,8-11,15,18-25,30H2,1-7H3,(H,46,48);2,5-6,15H,3-4,7-12H2,1H3,(H,22,25,26)/t38-,39-,40?;/m0./s1. The Balaban J connectivity index is 0.000000328. The number of imide groups is 2. The number of likely N-dealkylation sites (tertiary alicyclic amines) is 1. The molecule has 2 unspecified atom stereocenters. The number of amides is 6. The molecule has 21 nitrogen and oxygen atoms in total. The van der Waals surface area contributed by atoms with Gasteiger partial charge in [0.1, 0.15) is 36.3 Å². The van der Waals surface area contributed by atoms with Crippen LogP contribution < -0.4 is 29.6 Å². The highest BCUT2D eigenvalue weighted by molar-refractivity contribution is 6.24. The molecule has 6 amide bonds. The van der Waals surface area contributed by atoms with Crippen LogP contribution in [0, 0.1) is 20.8 Å². The topological polar surface area (TPSA) is 250 Å². The van der Waals surface area contributed by atoms with Crippen molar-refractivity contribution in [1.29, 1.82) is 0 Å². The summed E-state index contributed by atoms with van der Waals surface area (Å²) >= 11 is 0. The third kappa shape index (κ3) is 19.6. The molecular weight excluding hydrogens is 1120 g/mol. The minimum atomic E-state index is -1.06. The molecule has 21 heteroatoms. The van der Waals surface area contributed by atoms with Crippen LogP contribution >= 0.6 is 0 Å². The molecule has 87 heavy (non-hydrogen) atoms. The number of hydrogen-bond acceptors (Lipinski definition) is 17. The normalized spacial score (nSPS) is 16.2. The smallest absolute Gasteiger partial charge is 0.329 e. The fourth-order valence-electron chi connectivity index (χ4n) is 10.5. The molecule has 472 valence electrons. The maximum absolute atomic E-state index is 14.3. The van der Waals surface area contributed by atoms with Crippen molar-refractivity contribution in [3.8, 4) is 23.0 Å². The Morgan fingerprint density at radius 1 is 0.713 bits per heavy atom. The zero-order valence-electron chi connectivity index (χ0n) is 51.6. The molecule has 2 N–H and O–H groups in total. The predicted octanol–water partition coefficient (Wildman–Crippen LogP) is 7.84. The molecule has 7 rings (SSSR count). The highest BCUT2D eigenvalue weighted by Gasteiger charge is 2.46. The molecule has 0 radical (unpaired) electrons. The van der Waals surface area contributed by atoms with Gasteiger partial charge in [-0.15, -0.1) is 0 Å². The van der Waals surface area contributed by atoms with Crippen molar-refractivity contribution in [3.63, 3.8) is 0 Å². The molecule has 2 saturated heterocycles. The number of methoxy groups -OCH3 is 3. The van der Waals surface area contributed by atoms with Gasteiger partial charge in [-0.2, -0.15) is 0 Å². The van der Waals surface area contributed by atoms with E-state index in [0.29, 0.717) is 109 Å². The van der Waals surface area contributed by atoms with Crippen LogP contribution in [-0.4, -0.2) is 163 Å². The van der Waals surface area contributed by atoms with Gasteiger partial charge in [0.15, 0.2) is 23.9 Å². The van der Waals surface area contributed by atoms with E-state index < -0.39 is 53.7 Å². The van der Waals surface area contributed by atoms with Crippen LogP contribution in [0.3, 0.4) is 0 Å². The van der Waals surface area contributed by atoms with E-state index >= 15 is 0 Å². The van der Waals surface area contributed by atoms with Crippen LogP contribution in [0.1, 0.15) is 144 Å². The number of rotatable bonds is 33. The maximum atomic E-state index is 14.3. The van der Waals surface area contributed by atoms with Gasteiger partial charge in [-0.05, 0) is 142 Å². The Morgan fingerprint density at radius 3 is 2.20 bits per heavy atom. The van der Waals surface area contributed by atoms with Crippen molar-refractivity contribution >= 4 is 47.2 Å². The van der Waals surface area contributed by atoms with Gasteiger partial charge in [0, 0.05) is 46.3 Å². The van der Waals surface area contributed by atoms with Gasteiger partial charge in [-0.1, -0.05) is 56.3 Å². The van der Waals surface area contributed by atoms with E-state index in [1.807, 2.05) is 44.2 Å². The number of carbonyl (C=O) groups is 8. The lowest BCUT2D eigenvalue weighted by atomic mass is 9.91. The molecule has 3 heterocycles. The lowest BCUT2D eigenvalue weighted by molar-refractivity contribution is -0.162. The molecule has 4 aromatic rings. The van der Waals surface area contributed by atoms with E-state index in [1.54, 1.807) is 38.4 Å². The highest BCUT2D eigenvalue weighted by Crippen LogP contribution is 2.38. The molecule has 3 aliphatic rings. The predicted molar refractivity (Wildman–Crippen MR) is 322 cm³/mol. The van der Waals surface area contributed by atoms with Gasteiger partial charge < -0.3 is 52.8 Å². The molecule has 4 atom stereocenters. The van der Waals surface area contributed by atoms with Crippen LogP contribution in [0.25, 0.3) is 0 Å². The number of Topliss-reactive ketones (excluding diaryl/α,β-unsaturated/α-hetero) is 1. The van der Waals surface area contributed by atoms with E-state index in [0.717, 1.165) is 46.4 Å². The first kappa shape index (κ1) is 68.4. The van der Waals surface area contributed by atoms with Crippen molar-refractivity contribution in [3.05, 3.63) is 117 Å². The molecule has 3 aliphatic heterocycles. The number of aryl methyl sites for hydroxylation is 4. The van der Waals surface area contributed by atoms with Crippen molar-refractivity contribution < 1.29 is 81.0 Å². The van der Waals surface area contributed by atoms with Crippen molar-refractivity contribution in [1.82, 2.24) is 20.4 Å². The third-order valence-corrected chi connectivity index (χ3v) is 15.3. The lowest BCUT2D eigenvalue weighted by Crippen LogP contribution is -2.54. The Kier molecular flexibility index (Phi) is 27.7. The summed E-state index contributed by atoms with van der Waals surface area (Å²) in [5.74, 6) is -2.07. The summed E-state index contributed by atoms with van der Waals surface area (Å²) in [4.78, 5) is 105. The molecule has 0 bridgehead atoms. The van der Waals surface area contributed by atoms with Crippen LogP contribution in [0.15, 0.2) is 72.8 Å². The molecule has 0 spiro atoms. The molecule has 0 aliphatic carbocycles. The van der Waals surface area contributed by atoms with Gasteiger partial charge >= 0.3 is 5.97 Å². The average Bonchev–Trinajstić information content (AvgIpc) is 1.78. The van der Waals surface area contributed by atoms with Crippen molar-refractivity contribution in [2.45, 2.75) is 129 Å². The first-order valence-electron chi connectivity index (χ1n) is 30.0. The lowest BCUT2D eigenvalue weighted by Gasteiger charge is -2.37. The van der Waals surface area contributed by atoms with E-state index in [1.165, 1.54) is 23.3 Å². The van der Waals surface area contributed by atoms with E-state index in [-0.39, 0.29) is 67.0 Å². The second-order valence-corrected chi connectivity index (χ2v) is 21.6. The number of ketones is 1. The molecular formula is C66H86N4O17. The molecule has 0 aromatic heterocycles. The first-order valence-corrected chi connectivity index (χ1v) is 30.0. The number of esters is 1. The van der Waals surface area contributed by atoms with Gasteiger partial charge in [-0.3, -0.25) is 43.8 Å². The summed E-state index contributed by atoms with van der Waals surface area (Å²) in [5, 5.41) is 4.96. The number of nitrogens with zero attached hydrogens (tertiary/aromatic N) is 2. The highest BCUT2D eigenvalue weighted by atomic mass is 16.5. The number of hydrogen-bond donors (Lipinski definition) is 2. The molecule has 2 fully saturated rings. The number of piperidine rings is 2. The maximum Gasteiger partial charge on any atom is 0.329 e. The third-order valence-electron chi connectivity index (χ3n) is 15.3. The SMILES string of the molecule is CCCOCCOCCNC(=O)COc1cccc(C(CCc2ccc(C)c(C)c2)OC(=O)[C@@H]2CCCCN2C(=O)[C@@H](CC)c2cc(C)c(OC)c(OC)c2)c1.COCCOCCCC(=O)COc1cccc2c1C(=O)N(C1CCC(=O)NC1=O)C2=O. The second-order valence-electron chi connectivity index (χ2n) is 21.6. The Morgan fingerprint density at radius 2 is 1.47 bits per heavy atom. The zero-order chi connectivity index (χ0) is 62.8. The Labute approximate surface area is 510 Å². The van der Waals surface area contributed by atoms with Crippen LogP contribution in [0.5, 0.6) is 23.0 Å². The summed E-state index contributed by atoms with van der Waals surface area (Å²) in [5.41, 5.74) is 6.12. The average molecular weight is 1210 g/mol. The molecule has 4 aromatic carbocycles. The minimum Gasteiger partial charge on any atom is -0.493 e. The van der Waals surface area contributed by atoms with Crippen LogP contribution in [0.4, 0.5) is 0 Å². The van der Waals surface area contributed by atoms with Gasteiger partial charge in [0.2, 0.25) is 17.7 Å². The summed E-state index contributed by atoms with van der Waals surface area (Å²) in [6.45, 7) is 14.0.